The van der Waals surface area contributed by atoms with Crippen LogP contribution in [0.4, 0.5) is 0 Å². The fraction of sp³-hybridized carbons (Fsp3) is 0.889. The molecule has 3 aliphatic rings. The molecule has 3 aliphatic heterocycles. The van der Waals surface area contributed by atoms with Gasteiger partial charge in [-0.15, -0.1) is 24.0 Å². The number of piperidine rings is 1. The molecule has 2 N–H and O–H groups in total. The van der Waals surface area contributed by atoms with Crippen molar-refractivity contribution >= 4 is 35.8 Å². The van der Waals surface area contributed by atoms with Gasteiger partial charge in [0.25, 0.3) is 0 Å². The average Bonchev–Trinajstić information content (AvgIpc) is 2.82. The molecule has 0 aromatic heterocycles. The summed E-state index contributed by atoms with van der Waals surface area (Å²) in [6, 6.07) is 0. The molecule has 3 rings (SSSR count). The number of likely N-dealkylation sites (N-methyl/N-ethyl adjacent to an activating group) is 1. The third kappa shape index (κ3) is 5.69. The Morgan fingerprint density at radius 2 is 2.08 bits per heavy atom. The van der Waals surface area contributed by atoms with Crippen LogP contribution in [-0.2, 0) is 4.79 Å². The highest BCUT2D eigenvalue weighted by Crippen LogP contribution is 2.35. The SMILES string of the molecule is CN=C(NCCN1CCCN(C)CC1)N1CCCC2(CNC(=O)C2)C1.I. The van der Waals surface area contributed by atoms with Crippen LogP contribution in [0.25, 0.3) is 0 Å². The lowest BCUT2D eigenvalue weighted by molar-refractivity contribution is -0.119. The van der Waals surface area contributed by atoms with E-state index in [9.17, 15) is 4.79 Å². The van der Waals surface area contributed by atoms with Gasteiger partial charge in [-0.1, -0.05) is 0 Å². The van der Waals surface area contributed by atoms with Crippen LogP contribution in [0.1, 0.15) is 25.7 Å². The van der Waals surface area contributed by atoms with E-state index in [2.05, 4.69) is 37.4 Å². The molecule has 26 heavy (non-hydrogen) atoms. The highest BCUT2D eigenvalue weighted by Gasteiger charge is 2.42. The summed E-state index contributed by atoms with van der Waals surface area (Å²) in [6.07, 6.45) is 4.19. The maximum Gasteiger partial charge on any atom is 0.220 e. The van der Waals surface area contributed by atoms with Crippen molar-refractivity contribution in [2.24, 2.45) is 10.4 Å². The summed E-state index contributed by atoms with van der Waals surface area (Å²) in [5, 5.41) is 6.57. The first-order valence-corrected chi connectivity index (χ1v) is 9.73. The molecule has 1 amide bonds. The number of aliphatic imine (C=N–C) groups is 1. The highest BCUT2D eigenvalue weighted by molar-refractivity contribution is 14.0. The van der Waals surface area contributed by atoms with Crippen molar-refractivity contribution < 1.29 is 4.79 Å². The molecule has 3 fully saturated rings. The first-order chi connectivity index (χ1) is 12.1. The normalized spacial score (nSPS) is 28.6. The van der Waals surface area contributed by atoms with E-state index < -0.39 is 0 Å². The van der Waals surface area contributed by atoms with Gasteiger partial charge >= 0.3 is 0 Å². The fourth-order valence-electron chi connectivity index (χ4n) is 4.41. The molecule has 1 unspecified atom stereocenters. The Hall–Kier alpha value is -0.610. The van der Waals surface area contributed by atoms with Crippen LogP contribution in [-0.4, -0.2) is 99.6 Å². The van der Waals surface area contributed by atoms with Crippen molar-refractivity contribution in [3.05, 3.63) is 0 Å². The number of halogens is 1. The van der Waals surface area contributed by atoms with Crippen LogP contribution in [0.3, 0.4) is 0 Å². The minimum Gasteiger partial charge on any atom is -0.355 e. The second-order valence-corrected chi connectivity index (χ2v) is 7.95. The van der Waals surface area contributed by atoms with Crippen molar-refractivity contribution in [2.75, 3.05) is 73.0 Å². The summed E-state index contributed by atoms with van der Waals surface area (Å²) in [4.78, 5) is 23.5. The van der Waals surface area contributed by atoms with Crippen LogP contribution >= 0.6 is 24.0 Å². The molecular weight excluding hydrogens is 443 g/mol. The Balaban J connectivity index is 0.00000243. The van der Waals surface area contributed by atoms with Gasteiger partial charge in [-0.2, -0.15) is 0 Å². The smallest absolute Gasteiger partial charge is 0.220 e. The maximum atomic E-state index is 11.7. The van der Waals surface area contributed by atoms with Gasteiger partial charge in [-0.05, 0) is 39.4 Å². The highest BCUT2D eigenvalue weighted by atomic mass is 127. The van der Waals surface area contributed by atoms with Crippen molar-refractivity contribution in [1.29, 1.82) is 0 Å². The Morgan fingerprint density at radius 3 is 2.81 bits per heavy atom. The zero-order valence-corrected chi connectivity index (χ0v) is 18.6. The van der Waals surface area contributed by atoms with Crippen LogP contribution in [0.2, 0.25) is 0 Å². The van der Waals surface area contributed by atoms with Crippen LogP contribution in [0.15, 0.2) is 4.99 Å². The van der Waals surface area contributed by atoms with E-state index in [4.69, 9.17) is 0 Å². The molecule has 1 atom stereocenters. The van der Waals surface area contributed by atoms with E-state index in [0.29, 0.717) is 6.42 Å². The largest absolute Gasteiger partial charge is 0.355 e. The number of amides is 1. The van der Waals surface area contributed by atoms with Crippen molar-refractivity contribution in [3.8, 4) is 0 Å². The van der Waals surface area contributed by atoms with Crippen molar-refractivity contribution in [3.63, 3.8) is 0 Å². The lowest BCUT2D eigenvalue weighted by atomic mass is 9.79. The van der Waals surface area contributed by atoms with E-state index in [-0.39, 0.29) is 35.3 Å². The number of carbonyl (C=O) groups excluding carboxylic acids is 1. The van der Waals surface area contributed by atoms with Crippen LogP contribution in [0, 0.1) is 5.41 Å². The van der Waals surface area contributed by atoms with Gasteiger partial charge in [0.05, 0.1) is 0 Å². The predicted octanol–water partition coefficient (Wildman–Crippen LogP) is 0.419. The summed E-state index contributed by atoms with van der Waals surface area (Å²) < 4.78 is 0. The van der Waals surface area contributed by atoms with Gasteiger partial charge in [0.1, 0.15) is 0 Å². The second kappa shape index (κ2) is 10.1. The third-order valence-electron chi connectivity index (χ3n) is 5.89. The molecule has 0 aliphatic carbocycles. The molecule has 0 aromatic carbocycles. The quantitative estimate of drug-likeness (QED) is 0.350. The van der Waals surface area contributed by atoms with E-state index in [1.54, 1.807) is 0 Å². The Labute approximate surface area is 175 Å². The topological polar surface area (TPSA) is 63.2 Å². The van der Waals surface area contributed by atoms with Gasteiger partial charge in [0.2, 0.25) is 5.91 Å². The van der Waals surface area contributed by atoms with E-state index in [0.717, 1.165) is 64.6 Å². The summed E-state index contributed by atoms with van der Waals surface area (Å²) >= 11 is 0. The van der Waals surface area contributed by atoms with Gasteiger partial charge < -0.3 is 25.3 Å². The fourth-order valence-corrected chi connectivity index (χ4v) is 4.41. The van der Waals surface area contributed by atoms with Gasteiger partial charge in [-0.3, -0.25) is 9.79 Å². The Bertz CT molecular complexity index is 502. The lowest BCUT2D eigenvalue weighted by Crippen LogP contribution is -2.52. The number of rotatable bonds is 3. The van der Waals surface area contributed by atoms with Crippen molar-refractivity contribution in [2.45, 2.75) is 25.7 Å². The summed E-state index contributed by atoms with van der Waals surface area (Å²) in [7, 11) is 4.07. The maximum absolute atomic E-state index is 11.7. The van der Waals surface area contributed by atoms with E-state index >= 15 is 0 Å². The van der Waals surface area contributed by atoms with E-state index in [1.807, 2.05) is 7.05 Å². The third-order valence-corrected chi connectivity index (χ3v) is 5.89. The number of hydrogen-bond acceptors (Lipinski definition) is 4. The average molecular weight is 478 g/mol. The first kappa shape index (κ1) is 21.7. The summed E-state index contributed by atoms with van der Waals surface area (Å²) in [5.74, 6) is 1.20. The first-order valence-electron chi connectivity index (χ1n) is 9.73. The summed E-state index contributed by atoms with van der Waals surface area (Å²) in [5.41, 5.74) is 0.113. The summed E-state index contributed by atoms with van der Waals surface area (Å²) in [6.45, 7) is 9.47. The molecule has 150 valence electrons. The second-order valence-electron chi connectivity index (χ2n) is 7.95. The zero-order valence-electron chi connectivity index (χ0n) is 16.3. The van der Waals surface area contributed by atoms with Crippen LogP contribution in [0.5, 0.6) is 0 Å². The number of hydrogen-bond donors (Lipinski definition) is 2. The zero-order chi connectivity index (χ0) is 17.7. The Morgan fingerprint density at radius 1 is 1.23 bits per heavy atom. The molecule has 7 nitrogen and oxygen atoms in total. The predicted molar refractivity (Wildman–Crippen MR) is 116 cm³/mol. The lowest BCUT2D eigenvalue weighted by Gasteiger charge is -2.40. The standard InChI is InChI=1S/C18H34N6O.HI/c1-19-17(20-6-10-23-8-4-7-22(2)11-12-23)24-9-3-5-18(15-24)13-16(25)21-14-18;/h3-15H2,1-2H3,(H,19,20)(H,21,25);1H. The minimum atomic E-state index is 0. The molecule has 3 saturated heterocycles. The van der Waals surface area contributed by atoms with Gasteiger partial charge in [0.15, 0.2) is 5.96 Å². The van der Waals surface area contributed by atoms with Gasteiger partial charge in [0, 0.05) is 64.7 Å². The number of carbonyl (C=O) groups is 1. The number of nitrogens with one attached hydrogen (secondary N) is 2. The molecule has 0 saturated carbocycles. The number of likely N-dealkylation sites (tertiary alicyclic amines) is 1. The van der Waals surface area contributed by atoms with Gasteiger partial charge in [-0.25, -0.2) is 0 Å². The molecule has 0 aromatic rings. The molecule has 0 bridgehead atoms. The molecule has 0 radical (unpaired) electrons. The number of guanidine groups is 1. The minimum absolute atomic E-state index is 0. The molecular formula is C18H35IN6O. The molecule has 1 spiro atoms. The van der Waals surface area contributed by atoms with Crippen LogP contribution < -0.4 is 10.6 Å². The monoisotopic (exact) mass is 478 g/mol. The van der Waals surface area contributed by atoms with E-state index in [1.165, 1.54) is 19.5 Å². The Kier molecular flexibility index (Phi) is 8.41. The number of nitrogens with zero attached hydrogens (tertiary/aromatic N) is 4. The van der Waals surface area contributed by atoms with Crippen molar-refractivity contribution in [1.82, 2.24) is 25.3 Å². The molecule has 3 heterocycles. The molecule has 8 heteroatoms.